The number of benzene rings is 2. The molecule has 0 aliphatic rings. The molecule has 24 heavy (non-hydrogen) atoms. The van der Waals surface area contributed by atoms with Crippen LogP contribution in [0.25, 0.3) is 0 Å². The van der Waals surface area contributed by atoms with Crippen LogP contribution < -0.4 is 0 Å². The van der Waals surface area contributed by atoms with E-state index in [0.717, 1.165) is 0 Å². The van der Waals surface area contributed by atoms with E-state index in [-0.39, 0.29) is 22.9 Å². The van der Waals surface area contributed by atoms with E-state index >= 15 is 0 Å². The average molecular weight is 346 g/mol. The lowest BCUT2D eigenvalue weighted by Crippen LogP contribution is -2.10. The summed E-state index contributed by atoms with van der Waals surface area (Å²) in [5.41, 5.74) is 0.710. The van der Waals surface area contributed by atoms with Crippen LogP contribution in [0, 0.1) is 5.82 Å². The molecule has 0 saturated heterocycles. The normalized spacial score (nSPS) is 11.5. The third-order valence-electron chi connectivity index (χ3n) is 3.45. The second-order valence-electron chi connectivity index (χ2n) is 5.29. The Bertz CT molecular complexity index is 924. The van der Waals surface area contributed by atoms with Crippen molar-refractivity contribution in [2.75, 3.05) is 5.75 Å². The van der Waals surface area contributed by atoms with Crippen molar-refractivity contribution < 1.29 is 17.3 Å². The van der Waals surface area contributed by atoms with Gasteiger partial charge in [-0.25, -0.2) is 12.8 Å². The molecule has 1 aromatic heterocycles. The van der Waals surface area contributed by atoms with Crippen molar-refractivity contribution in [3.63, 3.8) is 0 Å². The van der Waals surface area contributed by atoms with E-state index in [2.05, 4.69) is 10.1 Å². The first-order chi connectivity index (χ1) is 11.5. The number of sulfone groups is 1. The standard InChI is InChI=1S/C17H15FN2O3S/c18-14-6-4-5-13(11-14)12-17-19-16(20-23-17)9-10-24(21,22)15-7-2-1-3-8-15/h1-8,11H,9-10,12H2. The lowest BCUT2D eigenvalue weighted by molar-refractivity contribution is 0.379. The third-order valence-corrected chi connectivity index (χ3v) is 5.18. The van der Waals surface area contributed by atoms with Crippen molar-refractivity contribution >= 4 is 9.84 Å². The molecule has 0 amide bonds. The molecule has 0 bridgehead atoms. The molecular weight excluding hydrogens is 331 g/mol. The smallest absolute Gasteiger partial charge is 0.231 e. The van der Waals surface area contributed by atoms with Gasteiger partial charge in [-0.2, -0.15) is 4.98 Å². The van der Waals surface area contributed by atoms with E-state index in [9.17, 15) is 12.8 Å². The molecule has 0 spiro atoms. The Balaban J connectivity index is 1.64. The molecule has 124 valence electrons. The highest BCUT2D eigenvalue weighted by atomic mass is 32.2. The molecular formula is C17H15FN2O3S. The Kier molecular flexibility index (Phi) is 4.71. The predicted molar refractivity (Wildman–Crippen MR) is 85.7 cm³/mol. The number of hydrogen-bond donors (Lipinski definition) is 0. The summed E-state index contributed by atoms with van der Waals surface area (Å²) >= 11 is 0. The van der Waals surface area contributed by atoms with E-state index in [1.54, 1.807) is 42.5 Å². The monoisotopic (exact) mass is 346 g/mol. The number of aryl methyl sites for hydroxylation is 1. The Hall–Kier alpha value is -2.54. The summed E-state index contributed by atoms with van der Waals surface area (Å²) in [5.74, 6) is 0.213. The van der Waals surface area contributed by atoms with Crippen LogP contribution in [0.4, 0.5) is 4.39 Å². The summed E-state index contributed by atoms with van der Waals surface area (Å²) in [6.45, 7) is 0. The highest BCUT2D eigenvalue weighted by Crippen LogP contribution is 2.13. The number of rotatable bonds is 6. The molecule has 0 atom stereocenters. The van der Waals surface area contributed by atoms with E-state index in [4.69, 9.17) is 4.52 Å². The number of hydrogen-bond acceptors (Lipinski definition) is 5. The fourth-order valence-electron chi connectivity index (χ4n) is 2.26. The van der Waals surface area contributed by atoms with Crippen molar-refractivity contribution in [2.45, 2.75) is 17.7 Å². The van der Waals surface area contributed by atoms with Gasteiger partial charge in [0.15, 0.2) is 15.7 Å². The molecule has 2 aromatic carbocycles. The topological polar surface area (TPSA) is 73.1 Å². The minimum absolute atomic E-state index is 0.101. The van der Waals surface area contributed by atoms with Gasteiger partial charge in [-0.1, -0.05) is 35.5 Å². The molecule has 3 rings (SSSR count). The van der Waals surface area contributed by atoms with Crippen molar-refractivity contribution in [2.24, 2.45) is 0 Å². The largest absolute Gasteiger partial charge is 0.339 e. The Labute approximate surface area is 139 Å². The van der Waals surface area contributed by atoms with Crippen molar-refractivity contribution in [1.29, 1.82) is 0 Å². The molecule has 1 heterocycles. The maximum Gasteiger partial charge on any atom is 0.231 e. The van der Waals surface area contributed by atoms with Crippen LogP contribution in [-0.4, -0.2) is 24.3 Å². The second-order valence-corrected chi connectivity index (χ2v) is 7.40. The fourth-order valence-corrected chi connectivity index (χ4v) is 3.52. The van der Waals surface area contributed by atoms with Crippen LogP contribution in [0.15, 0.2) is 64.0 Å². The zero-order valence-corrected chi connectivity index (χ0v) is 13.5. The summed E-state index contributed by atoms with van der Waals surface area (Å²) < 4.78 is 42.7. The summed E-state index contributed by atoms with van der Waals surface area (Å²) in [4.78, 5) is 4.44. The molecule has 0 aliphatic heterocycles. The van der Waals surface area contributed by atoms with Crippen molar-refractivity contribution in [3.05, 3.63) is 77.7 Å². The first-order valence-corrected chi connectivity index (χ1v) is 9.02. The molecule has 3 aromatic rings. The van der Waals surface area contributed by atoms with Crippen LogP contribution in [0.5, 0.6) is 0 Å². The van der Waals surface area contributed by atoms with Crippen LogP contribution in [0.1, 0.15) is 17.3 Å². The van der Waals surface area contributed by atoms with Crippen molar-refractivity contribution in [1.82, 2.24) is 10.1 Å². The Morgan fingerprint density at radius 3 is 2.58 bits per heavy atom. The zero-order valence-electron chi connectivity index (χ0n) is 12.7. The summed E-state index contributed by atoms with van der Waals surface area (Å²) in [5, 5.41) is 3.79. The van der Waals surface area contributed by atoms with Gasteiger partial charge in [0, 0.05) is 6.42 Å². The lowest BCUT2D eigenvalue weighted by Gasteiger charge is -2.01. The van der Waals surface area contributed by atoms with Gasteiger partial charge in [-0.15, -0.1) is 0 Å². The van der Waals surface area contributed by atoms with Gasteiger partial charge in [0.1, 0.15) is 5.82 Å². The van der Waals surface area contributed by atoms with E-state index in [0.29, 0.717) is 23.7 Å². The van der Waals surface area contributed by atoms with E-state index in [1.165, 1.54) is 12.1 Å². The molecule has 0 saturated carbocycles. The highest BCUT2D eigenvalue weighted by molar-refractivity contribution is 7.91. The molecule has 0 aliphatic carbocycles. The first-order valence-electron chi connectivity index (χ1n) is 7.37. The second kappa shape index (κ2) is 6.92. The van der Waals surface area contributed by atoms with Crippen LogP contribution in [0.2, 0.25) is 0 Å². The summed E-state index contributed by atoms with van der Waals surface area (Å²) in [7, 11) is -3.38. The number of halogens is 1. The minimum Gasteiger partial charge on any atom is -0.339 e. The Morgan fingerprint density at radius 1 is 1.04 bits per heavy atom. The van der Waals surface area contributed by atoms with E-state index < -0.39 is 9.84 Å². The fraction of sp³-hybridized carbons (Fsp3) is 0.176. The SMILES string of the molecule is O=S(=O)(CCc1noc(Cc2cccc(F)c2)n1)c1ccccc1. The quantitative estimate of drug-likeness (QED) is 0.686. The average Bonchev–Trinajstić information content (AvgIpc) is 3.01. The Morgan fingerprint density at radius 2 is 1.83 bits per heavy atom. The lowest BCUT2D eigenvalue weighted by atomic mass is 10.1. The molecule has 0 radical (unpaired) electrons. The van der Waals surface area contributed by atoms with Crippen LogP contribution in [0.3, 0.4) is 0 Å². The maximum absolute atomic E-state index is 13.2. The highest BCUT2D eigenvalue weighted by Gasteiger charge is 2.16. The van der Waals surface area contributed by atoms with Gasteiger partial charge >= 0.3 is 0 Å². The maximum atomic E-state index is 13.2. The van der Waals surface area contributed by atoms with Gasteiger partial charge in [-0.3, -0.25) is 0 Å². The number of nitrogens with zero attached hydrogens (tertiary/aromatic N) is 2. The molecule has 0 N–H and O–H groups in total. The molecule has 5 nitrogen and oxygen atoms in total. The van der Waals surface area contributed by atoms with Gasteiger partial charge in [0.25, 0.3) is 0 Å². The minimum atomic E-state index is -3.38. The van der Waals surface area contributed by atoms with Gasteiger partial charge in [0.2, 0.25) is 5.89 Å². The van der Waals surface area contributed by atoms with Gasteiger partial charge in [-0.05, 0) is 29.8 Å². The van der Waals surface area contributed by atoms with Crippen molar-refractivity contribution in [3.8, 4) is 0 Å². The molecule has 0 unspecified atom stereocenters. The van der Waals surface area contributed by atoms with Crippen LogP contribution >= 0.6 is 0 Å². The number of aromatic nitrogens is 2. The summed E-state index contributed by atoms with van der Waals surface area (Å²) in [6, 6.07) is 14.3. The predicted octanol–water partition coefficient (Wildman–Crippen LogP) is 2.82. The van der Waals surface area contributed by atoms with E-state index in [1.807, 2.05) is 0 Å². The van der Waals surface area contributed by atoms with Gasteiger partial charge in [0.05, 0.1) is 17.1 Å². The molecule has 0 fully saturated rings. The summed E-state index contributed by atoms with van der Waals surface area (Å²) in [6.07, 6.45) is 0.458. The first kappa shape index (κ1) is 16.3. The molecule has 7 heteroatoms. The van der Waals surface area contributed by atoms with Gasteiger partial charge < -0.3 is 4.52 Å². The van der Waals surface area contributed by atoms with Crippen LogP contribution in [-0.2, 0) is 22.7 Å². The zero-order chi connectivity index (χ0) is 17.0. The third kappa shape index (κ3) is 4.05.